The smallest absolute Gasteiger partial charge is 0.407 e. The van der Waals surface area contributed by atoms with Crippen molar-refractivity contribution in [3.8, 4) is 11.1 Å². The van der Waals surface area contributed by atoms with Crippen molar-refractivity contribution in [2.45, 2.75) is 31.7 Å². The van der Waals surface area contributed by atoms with Crippen molar-refractivity contribution < 1.29 is 23.9 Å². The van der Waals surface area contributed by atoms with E-state index in [9.17, 15) is 19.2 Å². The number of imide groups is 3. The second kappa shape index (κ2) is 7.50. The summed E-state index contributed by atoms with van der Waals surface area (Å²) in [5, 5.41) is 2.41. The molecular formula is C22H20N2O5. The molecular weight excluding hydrogens is 372 g/mol. The van der Waals surface area contributed by atoms with Crippen molar-refractivity contribution in [3.05, 3.63) is 59.7 Å². The summed E-state index contributed by atoms with van der Waals surface area (Å²) in [6, 6.07) is 14.9. The zero-order valence-corrected chi connectivity index (χ0v) is 15.9. The molecule has 4 amide bonds. The first-order valence-corrected chi connectivity index (χ1v) is 9.48. The van der Waals surface area contributed by atoms with Crippen LogP contribution in [0.3, 0.4) is 0 Å². The van der Waals surface area contributed by atoms with Crippen molar-refractivity contribution in [2.75, 3.05) is 6.61 Å². The van der Waals surface area contributed by atoms with Gasteiger partial charge < -0.3 is 10.1 Å². The average Bonchev–Trinajstić information content (AvgIpc) is 3.22. The fourth-order valence-corrected chi connectivity index (χ4v) is 3.89. The predicted molar refractivity (Wildman–Crippen MR) is 104 cm³/mol. The Morgan fingerprint density at radius 3 is 2.07 bits per heavy atom. The normalized spacial score (nSPS) is 16.4. The Labute approximate surface area is 167 Å². The minimum Gasteiger partial charge on any atom is -0.449 e. The molecule has 2 aromatic rings. The maximum atomic E-state index is 12.3. The molecule has 2 aromatic carbocycles. The van der Waals surface area contributed by atoms with Gasteiger partial charge in [-0.3, -0.25) is 14.4 Å². The van der Waals surface area contributed by atoms with Gasteiger partial charge in [0, 0.05) is 18.8 Å². The number of likely N-dealkylation sites (tertiary alicyclic amines) is 1. The molecule has 0 radical (unpaired) electrons. The first-order valence-electron chi connectivity index (χ1n) is 9.48. The van der Waals surface area contributed by atoms with E-state index in [-0.39, 0.29) is 25.4 Å². The van der Waals surface area contributed by atoms with Crippen molar-refractivity contribution in [1.29, 1.82) is 0 Å². The van der Waals surface area contributed by atoms with Gasteiger partial charge in [-0.15, -0.1) is 0 Å². The third kappa shape index (κ3) is 3.40. The van der Waals surface area contributed by atoms with Crippen molar-refractivity contribution in [2.24, 2.45) is 0 Å². The van der Waals surface area contributed by atoms with Gasteiger partial charge in [0.15, 0.2) is 0 Å². The molecule has 0 unspecified atom stereocenters. The Kier molecular flexibility index (Phi) is 4.88. The first kappa shape index (κ1) is 18.9. The Bertz CT molecular complexity index is 954. The number of rotatable bonds is 4. The number of benzene rings is 2. The molecule has 1 atom stereocenters. The van der Waals surface area contributed by atoms with E-state index >= 15 is 0 Å². The summed E-state index contributed by atoms with van der Waals surface area (Å²) in [5.41, 5.74) is 4.40. The molecule has 1 fully saturated rings. The standard InChI is InChI=1S/C22H20N2O5/c1-13(21(27)24-19(25)10-11-20(24)26)23-22(28)29-12-18-16-8-4-2-6-14(16)15-7-3-5-9-17(15)18/h2-9,13,18H,10-12H2,1H3,(H,23,28)/t13-/m0/s1. The number of fused-ring (bicyclic) bond motifs is 3. The Morgan fingerprint density at radius 1 is 1.00 bits per heavy atom. The molecule has 0 aromatic heterocycles. The van der Waals surface area contributed by atoms with Crippen LogP contribution in [0.15, 0.2) is 48.5 Å². The lowest BCUT2D eigenvalue weighted by Crippen LogP contribution is -2.49. The molecule has 29 heavy (non-hydrogen) atoms. The molecule has 1 aliphatic heterocycles. The van der Waals surface area contributed by atoms with E-state index < -0.39 is 29.9 Å². The Hall–Kier alpha value is -3.48. The molecule has 1 aliphatic carbocycles. The molecule has 0 bridgehead atoms. The van der Waals surface area contributed by atoms with Gasteiger partial charge in [-0.2, -0.15) is 0 Å². The number of ether oxygens (including phenoxy) is 1. The maximum Gasteiger partial charge on any atom is 0.407 e. The fraction of sp³-hybridized carbons (Fsp3) is 0.273. The first-order chi connectivity index (χ1) is 14.0. The van der Waals surface area contributed by atoms with Crippen LogP contribution in [-0.4, -0.2) is 41.4 Å². The Balaban J connectivity index is 1.41. The van der Waals surface area contributed by atoms with Crippen LogP contribution in [0.4, 0.5) is 4.79 Å². The predicted octanol–water partition coefficient (Wildman–Crippen LogP) is 2.59. The van der Waals surface area contributed by atoms with E-state index in [1.165, 1.54) is 6.92 Å². The van der Waals surface area contributed by atoms with Crippen LogP contribution >= 0.6 is 0 Å². The molecule has 7 heteroatoms. The molecule has 1 saturated heterocycles. The lowest BCUT2D eigenvalue weighted by molar-refractivity contribution is -0.150. The van der Waals surface area contributed by atoms with E-state index in [1.807, 2.05) is 48.5 Å². The summed E-state index contributed by atoms with van der Waals surface area (Å²) in [6.07, 6.45) is -0.739. The molecule has 7 nitrogen and oxygen atoms in total. The quantitative estimate of drug-likeness (QED) is 0.808. The third-order valence-corrected chi connectivity index (χ3v) is 5.32. The van der Waals surface area contributed by atoms with Crippen LogP contribution in [0.1, 0.15) is 36.8 Å². The topological polar surface area (TPSA) is 92.8 Å². The number of hydrogen-bond acceptors (Lipinski definition) is 5. The zero-order valence-electron chi connectivity index (χ0n) is 15.9. The molecule has 1 heterocycles. The molecule has 4 rings (SSSR count). The van der Waals surface area contributed by atoms with Gasteiger partial charge in [0.05, 0.1) is 0 Å². The third-order valence-electron chi connectivity index (χ3n) is 5.32. The zero-order chi connectivity index (χ0) is 20.5. The SMILES string of the molecule is C[C@H](NC(=O)OCC1c2ccccc2-c2ccccc21)C(=O)N1C(=O)CCC1=O. The van der Waals surface area contributed by atoms with E-state index in [0.717, 1.165) is 22.3 Å². The van der Waals surface area contributed by atoms with Crippen LogP contribution in [0.5, 0.6) is 0 Å². The minimum atomic E-state index is -1.04. The van der Waals surface area contributed by atoms with Gasteiger partial charge in [0.2, 0.25) is 11.8 Å². The van der Waals surface area contributed by atoms with E-state index in [4.69, 9.17) is 4.74 Å². The lowest BCUT2D eigenvalue weighted by atomic mass is 9.98. The van der Waals surface area contributed by atoms with Crippen molar-refractivity contribution in [1.82, 2.24) is 10.2 Å². The van der Waals surface area contributed by atoms with Gasteiger partial charge in [0.1, 0.15) is 12.6 Å². The maximum absolute atomic E-state index is 12.3. The summed E-state index contributed by atoms with van der Waals surface area (Å²) in [7, 11) is 0. The van der Waals surface area contributed by atoms with E-state index in [1.54, 1.807) is 0 Å². The number of nitrogens with one attached hydrogen (secondary N) is 1. The van der Waals surface area contributed by atoms with E-state index in [0.29, 0.717) is 4.90 Å². The van der Waals surface area contributed by atoms with Gasteiger partial charge in [-0.25, -0.2) is 9.69 Å². The van der Waals surface area contributed by atoms with Crippen molar-refractivity contribution in [3.63, 3.8) is 0 Å². The molecule has 2 aliphatic rings. The monoisotopic (exact) mass is 392 g/mol. The molecule has 0 spiro atoms. The highest BCUT2D eigenvalue weighted by Crippen LogP contribution is 2.44. The largest absolute Gasteiger partial charge is 0.449 e. The summed E-state index contributed by atoms with van der Waals surface area (Å²) < 4.78 is 5.39. The fourth-order valence-electron chi connectivity index (χ4n) is 3.89. The summed E-state index contributed by atoms with van der Waals surface area (Å²) in [6.45, 7) is 1.53. The van der Waals surface area contributed by atoms with E-state index in [2.05, 4.69) is 5.32 Å². The van der Waals surface area contributed by atoms with Crippen LogP contribution in [-0.2, 0) is 19.1 Å². The van der Waals surface area contributed by atoms with Crippen LogP contribution in [0.2, 0.25) is 0 Å². The summed E-state index contributed by atoms with van der Waals surface area (Å²) in [5.74, 6) is -1.92. The summed E-state index contributed by atoms with van der Waals surface area (Å²) >= 11 is 0. The highest BCUT2D eigenvalue weighted by atomic mass is 16.5. The molecule has 1 N–H and O–H groups in total. The van der Waals surface area contributed by atoms with Crippen LogP contribution in [0, 0.1) is 0 Å². The van der Waals surface area contributed by atoms with Crippen molar-refractivity contribution >= 4 is 23.8 Å². The van der Waals surface area contributed by atoms with Gasteiger partial charge in [0.25, 0.3) is 5.91 Å². The minimum absolute atomic E-state index is 0.0161. The second-order valence-electron chi connectivity index (χ2n) is 7.15. The number of amides is 4. The number of nitrogens with zero attached hydrogens (tertiary/aromatic N) is 1. The van der Waals surface area contributed by atoms with Gasteiger partial charge in [-0.1, -0.05) is 48.5 Å². The van der Waals surface area contributed by atoms with Crippen LogP contribution < -0.4 is 5.32 Å². The van der Waals surface area contributed by atoms with Crippen LogP contribution in [0.25, 0.3) is 11.1 Å². The van der Waals surface area contributed by atoms with Gasteiger partial charge in [-0.05, 0) is 29.2 Å². The lowest BCUT2D eigenvalue weighted by Gasteiger charge is -2.19. The highest BCUT2D eigenvalue weighted by Gasteiger charge is 2.37. The molecule has 0 saturated carbocycles. The second-order valence-corrected chi connectivity index (χ2v) is 7.15. The number of hydrogen-bond donors (Lipinski definition) is 1. The number of carbonyl (C=O) groups excluding carboxylic acids is 4. The number of alkyl carbamates (subject to hydrolysis) is 1. The van der Waals surface area contributed by atoms with Gasteiger partial charge >= 0.3 is 6.09 Å². The summed E-state index contributed by atoms with van der Waals surface area (Å²) in [4.78, 5) is 48.5. The average molecular weight is 392 g/mol. The Morgan fingerprint density at radius 2 is 1.52 bits per heavy atom. The highest BCUT2D eigenvalue weighted by molar-refractivity contribution is 6.16. The molecule has 148 valence electrons. The number of carbonyl (C=O) groups is 4.